The summed E-state index contributed by atoms with van der Waals surface area (Å²) < 4.78 is 24.5. The Balaban J connectivity index is 1.63. The molecule has 1 aromatic heterocycles. The lowest BCUT2D eigenvalue weighted by Crippen LogP contribution is -2.40. The van der Waals surface area contributed by atoms with Gasteiger partial charge in [0.1, 0.15) is 0 Å². The van der Waals surface area contributed by atoms with Crippen molar-refractivity contribution in [3.8, 4) is 11.3 Å². The number of H-pyrrole nitrogens is 1. The van der Waals surface area contributed by atoms with E-state index in [1.807, 2.05) is 30.3 Å². The Hall–Kier alpha value is -2.19. The summed E-state index contributed by atoms with van der Waals surface area (Å²) >= 11 is 0. The number of benzene rings is 1. The highest BCUT2D eigenvalue weighted by molar-refractivity contribution is 7.88. The van der Waals surface area contributed by atoms with Crippen LogP contribution < -0.4 is 5.32 Å². The van der Waals surface area contributed by atoms with E-state index in [0.717, 1.165) is 16.9 Å². The van der Waals surface area contributed by atoms with Crippen molar-refractivity contribution in [3.63, 3.8) is 0 Å². The smallest absolute Gasteiger partial charge is 0.227 e. The Morgan fingerprint density at radius 3 is 2.67 bits per heavy atom. The molecule has 8 heteroatoms. The molecule has 1 saturated heterocycles. The van der Waals surface area contributed by atoms with Gasteiger partial charge in [0.05, 0.1) is 11.9 Å². The third-order valence-electron chi connectivity index (χ3n) is 4.24. The summed E-state index contributed by atoms with van der Waals surface area (Å²) in [6.07, 6.45) is 3.96. The van der Waals surface area contributed by atoms with Crippen molar-refractivity contribution in [3.05, 3.63) is 36.5 Å². The number of carbonyl (C=O) groups excluding carboxylic acids is 1. The molecule has 0 saturated carbocycles. The monoisotopic (exact) mass is 348 g/mol. The maximum atomic E-state index is 12.4. The Morgan fingerprint density at radius 2 is 2.04 bits per heavy atom. The molecule has 0 radical (unpaired) electrons. The Labute approximate surface area is 141 Å². The molecular formula is C16H20N4O3S. The van der Waals surface area contributed by atoms with Crippen LogP contribution in [-0.2, 0) is 14.8 Å². The molecule has 0 aliphatic carbocycles. The molecule has 24 heavy (non-hydrogen) atoms. The average molecular weight is 348 g/mol. The van der Waals surface area contributed by atoms with Gasteiger partial charge in [-0.2, -0.15) is 5.10 Å². The molecule has 0 atom stereocenters. The number of rotatable bonds is 4. The first-order valence-corrected chi connectivity index (χ1v) is 9.64. The SMILES string of the molecule is CS(=O)(=O)N1CCC(C(=O)Nc2cccc(-c3ccn[nH]3)c2)CC1. The Kier molecular flexibility index (Phi) is 4.68. The second kappa shape index (κ2) is 6.74. The number of piperidine rings is 1. The van der Waals surface area contributed by atoms with Gasteiger partial charge in [0.25, 0.3) is 0 Å². The van der Waals surface area contributed by atoms with Gasteiger partial charge in [-0.25, -0.2) is 12.7 Å². The van der Waals surface area contributed by atoms with E-state index in [9.17, 15) is 13.2 Å². The third-order valence-corrected chi connectivity index (χ3v) is 5.54. The first-order chi connectivity index (χ1) is 11.4. The highest BCUT2D eigenvalue weighted by atomic mass is 32.2. The highest BCUT2D eigenvalue weighted by Crippen LogP contribution is 2.23. The summed E-state index contributed by atoms with van der Waals surface area (Å²) in [5.74, 6) is -0.233. The van der Waals surface area contributed by atoms with Crippen LogP contribution in [0.1, 0.15) is 12.8 Å². The van der Waals surface area contributed by atoms with Crippen LogP contribution in [0.5, 0.6) is 0 Å². The highest BCUT2D eigenvalue weighted by Gasteiger charge is 2.28. The fraction of sp³-hybridized carbons (Fsp3) is 0.375. The molecule has 7 nitrogen and oxygen atoms in total. The average Bonchev–Trinajstić information content (AvgIpc) is 3.09. The lowest BCUT2D eigenvalue weighted by atomic mass is 9.97. The van der Waals surface area contributed by atoms with E-state index < -0.39 is 10.0 Å². The van der Waals surface area contributed by atoms with Crippen LogP contribution in [0.15, 0.2) is 36.5 Å². The minimum atomic E-state index is -3.17. The molecule has 1 aliphatic rings. The van der Waals surface area contributed by atoms with Crippen LogP contribution in [0, 0.1) is 5.92 Å². The van der Waals surface area contributed by atoms with Gasteiger partial charge in [-0.3, -0.25) is 9.89 Å². The van der Waals surface area contributed by atoms with Crippen LogP contribution in [0.3, 0.4) is 0 Å². The molecule has 1 fully saturated rings. The van der Waals surface area contributed by atoms with Gasteiger partial charge in [0.2, 0.25) is 15.9 Å². The maximum absolute atomic E-state index is 12.4. The molecule has 128 valence electrons. The number of nitrogens with zero attached hydrogens (tertiary/aromatic N) is 2. The van der Waals surface area contributed by atoms with E-state index in [0.29, 0.717) is 25.9 Å². The molecule has 0 unspecified atom stereocenters. The minimum absolute atomic E-state index is 0.0649. The van der Waals surface area contributed by atoms with E-state index in [1.165, 1.54) is 10.6 Å². The molecule has 2 N–H and O–H groups in total. The Bertz CT molecular complexity index is 810. The van der Waals surface area contributed by atoms with Gasteiger partial charge in [0, 0.05) is 36.5 Å². The van der Waals surface area contributed by atoms with Gasteiger partial charge in [-0.15, -0.1) is 0 Å². The second-order valence-corrected chi connectivity index (χ2v) is 7.96. The number of amides is 1. The lowest BCUT2D eigenvalue weighted by molar-refractivity contribution is -0.120. The van der Waals surface area contributed by atoms with Gasteiger partial charge < -0.3 is 5.32 Å². The van der Waals surface area contributed by atoms with E-state index in [1.54, 1.807) is 6.20 Å². The van der Waals surface area contributed by atoms with E-state index in [4.69, 9.17) is 0 Å². The van der Waals surface area contributed by atoms with Crippen molar-refractivity contribution in [2.75, 3.05) is 24.7 Å². The standard InChI is InChI=1S/C16H20N4O3S/c1-24(22,23)20-9-6-12(7-10-20)16(21)18-14-4-2-3-13(11-14)15-5-8-17-19-15/h2-5,8,11-12H,6-7,9-10H2,1H3,(H,17,19)(H,18,21). The number of hydrogen-bond acceptors (Lipinski definition) is 4. The summed E-state index contributed by atoms with van der Waals surface area (Å²) in [6, 6.07) is 9.40. The number of sulfonamides is 1. The van der Waals surface area contributed by atoms with Crippen LogP contribution in [0.25, 0.3) is 11.3 Å². The largest absolute Gasteiger partial charge is 0.326 e. The van der Waals surface area contributed by atoms with E-state index in [-0.39, 0.29) is 11.8 Å². The summed E-state index contributed by atoms with van der Waals surface area (Å²) in [5.41, 5.74) is 2.54. The van der Waals surface area contributed by atoms with Crippen molar-refractivity contribution >= 4 is 21.6 Å². The zero-order valence-corrected chi connectivity index (χ0v) is 14.2. The maximum Gasteiger partial charge on any atom is 0.227 e. The second-order valence-electron chi connectivity index (χ2n) is 5.98. The first kappa shape index (κ1) is 16.7. The topological polar surface area (TPSA) is 95.2 Å². The van der Waals surface area contributed by atoms with Crippen LogP contribution >= 0.6 is 0 Å². The van der Waals surface area contributed by atoms with Crippen LogP contribution in [0.4, 0.5) is 5.69 Å². The molecule has 1 amide bonds. The normalized spacial score (nSPS) is 16.9. The number of hydrogen-bond donors (Lipinski definition) is 2. The molecule has 1 aliphatic heterocycles. The number of anilines is 1. The predicted molar refractivity (Wildman–Crippen MR) is 91.8 cm³/mol. The fourth-order valence-electron chi connectivity index (χ4n) is 2.88. The first-order valence-electron chi connectivity index (χ1n) is 7.79. The van der Waals surface area contributed by atoms with Gasteiger partial charge in [0.15, 0.2) is 0 Å². The van der Waals surface area contributed by atoms with Gasteiger partial charge in [-0.05, 0) is 31.0 Å². The summed E-state index contributed by atoms with van der Waals surface area (Å²) in [5, 5.41) is 9.74. The van der Waals surface area contributed by atoms with Crippen molar-refractivity contribution in [1.29, 1.82) is 0 Å². The lowest BCUT2D eigenvalue weighted by Gasteiger charge is -2.29. The van der Waals surface area contributed by atoms with Gasteiger partial charge in [-0.1, -0.05) is 12.1 Å². The van der Waals surface area contributed by atoms with Crippen molar-refractivity contribution in [1.82, 2.24) is 14.5 Å². The van der Waals surface area contributed by atoms with Crippen LogP contribution in [-0.4, -0.2) is 48.2 Å². The third kappa shape index (κ3) is 3.82. The quantitative estimate of drug-likeness (QED) is 0.879. The predicted octanol–water partition coefficient (Wildman–Crippen LogP) is 1.69. The fourth-order valence-corrected chi connectivity index (χ4v) is 3.75. The molecule has 2 aromatic rings. The molecule has 3 rings (SSSR count). The molecule has 1 aromatic carbocycles. The Morgan fingerprint density at radius 1 is 1.29 bits per heavy atom. The van der Waals surface area contributed by atoms with E-state index >= 15 is 0 Å². The van der Waals surface area contributed by atoms with Crippen LogP contribution in [0.2, 0.25) is 0 Å². The van der Waals surface area contributed by atoms with Gasteiger partial charge >= 0.3 is 0 Å². The van der Waals surface area contributed by atoms with Crippen molar-refractivity contribution in [2.24, 2.45) is 5.92 Å². The number of aromatic nitrogens is 2. The number of carbonyl (C=O) groups is 1. The zero-order chi connectivity index (χ0) is 17.2. The number of aromatic amines is 1. The number of nitrogens with one attached hydrogen (secondary N) is 2. The zero-order valence-electron chi connectivity index (χ0n) is 13.4. The minimum Gasteiger partial charge on any atom is -0.326 e. The van der Waals surface area contributed by atoms with Crippen molar-refractivity contribution < 1.29 is 13.2 Å². The summed E-state index contributed by atoms with van der Waals surface area (Å²) in [6.45, 7) is 0.788. The molecular weight excluding hydrogens is 328 g/mol. The summed E-state index contributed by atoms with van der Waals surface area (Å²) in [7, 11) is -3.17. The molecule has 0 spiro atoms. The molecule has 0 bridgehead atoms. The molecule has 2 heterocycles. The van der Waals surface area contributed by atoms with E-state index in [2.05, 4.69) is 15.5 Å². The summed E-state index contributed by atoms with van der Waals surface area (Å²) in [4.78, 5) is 12.4. The van der Waals surface area contributed by atoms with Crippen molar-refractivity contribution in [2.45, 2.75) is 12.8 Å².